The fourth-order valence-electron chi connectivity index (χ4n) is 4.09. The molecule has 23 heavy (non-hydrogen) atoms. The summed E-state index contributed by atoms with van der Waals surface area (Å²) in [5.41, 5.74) is 8.29. The van der Waals surface area contributed by atoms with Crippen LogP contribution in [0.4, 0.5) is 5.69 Å². The van der Waals surface area contributed by atoms with Crippen LogP contribution < -0.4 is 11.1 Å². The summed E-state index contributed by atoms with van der Waals surface area (Å²) in [6.07, 6.45) is 5.36. The number of nitrogens with two attached hydrogens (primary N) is 1. The lowest BCUT2D eigenvalue weighted by Crippen LogP contribution is -2.46. The Kier molecular flexibility index (Phi) is 5.21. The van der Waals surface area contributed by atoms with Crippen LogP contribution in [0.5, 0.6) is 0 Å². The van der Waals surface area contributed by atoms with Gasteiger partial charge in [0.15, 0.2) is 0 Å². The van der Waals surface area contributed by atoms with Gasteiger partial charge < -0.3 is 16.0 Å². The molecule has 1 heterocycles. The molecule has 1 saturated carbocycles. The molecule has 2 aliphatic rings. The van der Waals surface area contributed by atoms with Gasteiger partial charge in [0.1, 0.15) is 0 Å². The summed E-state index contributed by atoms with van der Waals surface area (Å²) in [4.78, 5) is 14.8. The zero-order chi connectivity index (χ0) is 16.2. The van der Waals surface area contributed by atoms with E-state index in [1.54, 1.807) is 0 Å². The Morgan fingerprint density at radius 3 is 2.74 bits per heavy atom. The number of likely N-dealkylation sites (tertiary alicyclic amines) is 1. The molecule has 4 heteroatoms. The topological polar surface area (TPSA) is 58.4 Å². The lowest BCUT2D eigenvalue weighted by molar-refractivity contribution is -0.137. The highest BCUT2D eigenvalue weighted by molar-refractivity contribution is 5.79. The van der Waals surface area contributed by atoms with Crippen LogP contribution >= 0.6 is 0 Å². The molecule has 3 N–H and O–H groups in total. The molecule has 0 unspecified atom stereocenters. The summed E-state index contributed by atoms with van der Waals surface area (Å²) < 4.78 is 0. The van der Waals surface area contributed by atoms with Gasteiger partial charge in [-0.15, -0.1) is 0 Å². The van der Waals surface area contributed by atoms with Gasteiger partial charge in [-0.25, -0.2) is 0 Å². The van der Waals surface area contributed by atoms with E-state index in [2.05, 4.69) is 41.4 Å². The van der Waals surface area contributed by atoms with E-state index in [0.29, 0.717) is 24.4 Å². The van der Waals surface area contributed by atoms with E-state index in [-0.39, 0.29) is 5.92 Å². The third kappa shape index (κ3) is 3.86. The monoisotopic (exact) mass is 315 g/mol. The maximum atomic E-state index is 12.7. The number of hydrogen-bond donors (Lipinski definition) is 2. The van der Waals surface area contributed by atoms with Gasteiger partial charge in [-0.3, -0.25) is 4.79 Å². The second-order valence-corrected chi connectivity index (χ2v) is 7.15. The fraction of sp³-hybridized carbons (Fsp3) is 0.632. The van der Waals surface area contributed by atoms with E-state index in [0.717, 1.165) is 45.2 Å². The minimum absolute atomic E-state index is 0.182. The van der Waals surface area contributed by atoms with Gasteiger partial charge in [0, 0.05) is 30.7 Å². The molecule has 2 fully saturated rings. The van der Waals surface area contributed by atoms with E-state index >= 15 is 0 Å². The zero-order valence-electron chi connectivity index (χ0n) is 14.1. The molecule has 1 saturated heterocycles. The highest BCUT2D eigenvalue weighted by atomic mass is 16.2. The Bertz CT molecular complexity index is 537. The van der Waals surface area contributed by atoms with Crippen LogP contribution in [0.25, 0.3) is 0 Å². The Labute approximate surface area is 139 Å². The first-order chi connectivity index (χ1) is 11.2. The van der Waals surface area contributed by atoms with E-state index in [9.17, 15) is 4.79 Å². The van der Waals surface area contributed by atoms with Crippen LogP contribution in [-0.2, 0) is 4.79 Å². The average Bonchev–Trinajstić information content (AvgIpc) is 3.03. The van der Waals surface area contributed by atoms with Gasteiger partial charge in [0.2, 0.25) is 5.91 Å². The van der Waals surface area contributed by atoms with Gasteiger partial charge in [-0.1, -0.05) is 18.6 Å². The van der Waals surface area contributed by atoms with Crippen molar-refractivity contribution in [2.45, 2.75) is 45.1 Å². The number of carbonyl (C=O) groups excluding carboxylic acids is 1. The summed E-state index contributed by atoms with van der Waals surface area (Å²) in [6.45, 7) is 4.51. The molecule has 1 aliphatic heterocycles. The summed E-state index contributed by atoms with van der Waals surface area (Å²) in [5, 5.41) is 3.61. The molecule has 0 spiro atoms. The predicted molar refractivity (Wildman–Crippen MR) is 94.3 cm³/mol. The van der Waals surface area contributed by atoms with Crippen LogP contribution in [0, 0.1) is 18.8 Å². The molecule has 126 valence electrons. The van der Waals surface area contributed by atoms with Gasteiger partial charge in [0.05, 0.1) is 0 Å². The number of hydrogen-bond acceptors (Lipinski definition) is 3. The molecule has 1 aromatic carbocycles. The number of aryl methyl sites for hydroxylation is 1. The van der Waals surface area contributed by atoms with Crippen molar-refractivity contribution in [1.82, 2.24) is 4.90 Å². The summed E-state index contributed by atoms with van der Waals surface area (Å²) in [6, 6.07) is 8.97. The van der Waals surface area contributed by atoms with E-state index in [1.165, 1.54) is 11.3 Å². The second kappa shape index (κ2) is 7.35. The van der Waals surface area contributed by atoms with Crippen molar-refractivity contribution >= 4 is 11.6 Å². The minimum Gasteiger partial charge on any atom is -0.382 e. The average molecular weight is 315 g/mol. The number of carbonyl (C=O) groups is 1. The summed E-state index contributed by atoms with van der Waals surface area (Å²) in [7, 11) is 0. The predicted octanol–water partition coefficient (Wildman–Crippen LogP) is 2.77. The highest BCUT2D eigenvalue weighted by Crippen LogP contribution is 2.33. The molecule has 0 aromatic heterocycles. The van der Waals surface area contributed by atoms with Gasteiger partial charge in [-0.05, 0) is 62.8 Å². The van der Waals surface area contributed by atoms with Gasteiger partial charge in [-0.2, -0.15) is 0 Å². The molecule has 1 amide bonds. The van der Waals surface area contributed by atoms with E-state index in [4.69, 9.17) is 5.73 Å². The molecular weight excluding hydrogens is 286 g/mol. The van der Waals surface area contributed by atoms with Crippen LogP contribution in [-0.4, -0.2) is 36.5 Å². The zero-order valence-corrected chi connectivity index (χ0v) is 14.1. The largest absolute Gasteiger partial charge is 0.382 e. The molecule has 1 aliphatic carbocycles. The molecule has 3 rings (SSSR count). The number of nitrogens with one attached hydrogen (secondary N) is 1. The molecule has 0 radical (unpaired) electrons. The van der Waals surface area contributed by atoms with Gasteiger partial charge >= 0.3 is 0 Å². The van der Waals surface area contributed by atoms with E-state index < -0.39 is 0 Å². The number of piperidine rings is 1. The third-order valence-corrected chi connectivity index (χ3v) is 5.47. The van der Waals surface area contributed by atoms with Crippen molar-refractivity contribution in [3.05, 3.63) is 29.8 Å². The van der Waals surface area contributed by atoms with Crippen LogP contribution in [0.3, 0.4) is 0 Å². The van der Waals surface area contributed by atoms with E-state index in [1.807, 2.05) is 0 Å². The standard InChI is InChI=1S/C19H29N3O/c1-14-4-2-6-17(12-14)21-16-8-10-22(11-9-16)19(23)18-7-3-5-15(18)13-20/h2,4,6,12,15-16,18,21H,3,5,7-11,13,20H2,1H3/t15-,18-/m1/s1. The number of benzene rings is 1. The number of amides is 1. The first-order valence-electron chi connectivity index (χ1n) is 8.99. The van der Waals surface area contributed by atoms with Crippen molar-refractivity contribution in [3.8, 4) is 0 Å². The van der Waals surface area contributed by atoms with Crippen LogP contribution in [0.1, 0.15) is 37.7 Å². The Hall–Kier alpha value is -1.55. The normalized spacial score (nSPS) is 25.6. The maximum absolute atomic E-state index is 12.7. The summed E-state index contributed by atoms with van der Waals surface area (Å²) in [5.74, 6) is 0.943. The highest BCUT2D eigenvalue weighted by Gasteiger charge is 2.35. The first-order valence-corrected chi connectivity index (χ1v) is 8.99. The minimum atomic E-state index is 0.182. The maximum Gasteiger partial charge on any atom is 0.226 e. The van der Waals surface area contributed by atoms with Crippen molar-refractivity contribution in [2.24, 2.45) is 17.6 Å². The SMILES string of the molecule is Cc1cccc(NC2CCN(C(=O)[C@@H]3CCC[C@@H]3CN)CC2)c1. The number of rotatable bonds is 4. The smallest absolute Gasteiger partial charge is 0.226 e. The second-order valence-electron chi connectivity index (χ2n) is 7.15. The van der Waals surface area contributed by atoms with Crippen LogP contribution in [0.2, 0.25) is 0 Å². The van der Waals surface area contributed by atoms with Crippen molar-refractivity contribution < 1.29 is 4.79 Å². The number of anilines is 1. The molecular formula is C19H29N3O. The number of nitrogens with zero attached hydrogens (tertiary/aromatic N) is 1. The molecule has 1 aromatic rings. The van der Waals surface area contributed by atoms with Crippen molar-refractivity contribution in [2.75, 3.05) is 25.0 Å². The first kappa shape index (κ1) is 16.3. The molecule has 0 bridgehead atoms. The summed E-state index contributed by atoms with van der Waals surface area (Å²) >= 11 is 0. The lowest BCUT2D eigenvalue weighted by Gasteiger charge is -2.35. The molecule has 2 atom stereocenters. The van der Waals surface area contributed by atoms with Crippen molar-refractivity contribution in [3.63, 3.8) is 0 Å². The Balaban J connectivity index is 1.51. The Morgan fingerprint density at radius 2 is 2.04 bits per heavy atom. The van der Waals surface area contributed by atoms with Crippen molar-refractivity contribution in [1.29, 1.82) is 0 Å². The molecule has 4 nitrogen and oxygen atoms in total. The van der Waals surface area contributed by atoms with Crippen LogP contribution in [0.15, 0.2) is 24.3 Å². The quantitative estimate of drug-likeness (QED) is 0.898. The third-order valence-electron chi connectivity index (χ3n) is 5.47. The Morgan fingerprint density at radius 1 is 1.26 bits per heavy atom. The fourth-order valence-corrected chi connectivity index (χ4v) is 4.09. The lowest BCUT2D eigenvalue weighted by atomic mass is 9.93. The van der Waals surface area contributed by atoms with Gasteiger partial charge in [0.25, 0.3) is 0 Å².